The topological polar surface area (TPSA) is 58.1 Å². The number of ether oxygens (including phenoxy) is 2. The number of rotatable bonds is 6. The molecule has 0 bridgehead atoms. The molecule has 30 heavy (non-hydrogen) atoms. The summed E-state index contributed by atoms with van der Waals surface area (Å²) in [6, 6.07) is 8.68. The lowest BCUT2D eigenvalue weighted by atomic mass is 9.78. The highest BCUT2D eigenvalue weighted by atomic mass is 16.5. The second-order valence-corrected chi connectivity index (χ2v) is 9.52. The number of hydrogen-bond acceptors (Lipinski definition) is 4. The molecule has 3 rings (SSSR count). The predicted octanol–water partition coefficient (Wildman–Crippen LogP) is 3.03. The van der Waals surface area contributed by atoms with Crippen molar-refractivity contribution in [2.24, 2.45) is 16.3 Å². The molecular weight excluding hydrogens is 376 g/mol. The highest BCUT2D eigenvalue weighted by Crippen LogP contribution is 2.33. The molecule has 0 saturated carbocycles. The lowest BCUT2D eigenvalue weighted by Gasteiger charge is -2.40. The smallest absolute Gasteiger partial charge is 0.191 e. The molecule has 2 aliphatic rings. The number of hydrogen-bond donors (Lipinski definition) is 2. The highest BCUT2D eigenvalue weighted by Gasteiger charge is 2.35. The van der Waals surface area contributed by atoms with E-state index in [1.807, 2.05) is 7.05 Å². The Balaban J connectivity index is 1.53. The molecule has 0 radical (unpaired) electrons. The summed E-state index contributed by atoms with van der Waals surface area (Å²) < 4.78 is 11.6. The summed E-state index contributed by atoms with van der Waals surface area (Å²) in [7, 11) is 1.84. The van der Waals surface area contributed by atoms with Crippen LogP contribution in [-0.4, -0.2) is 63.5 Å². The Morgan fingerprint density at radius 3 is 2.53 bits per heavy atom. The summed E-state index contributed by atoms with van der Waals surface area (Å²) >= 11 is 0. The van der Waals surface area contributed by atoms with Gasteiger partial charge in [-0.3, -0.25) is 9.89 Å². The van der Waals surface area contributed by atoms with Gasteiger partial charge in [0.15, 0.2) is 5.96 Å². The average Bonchev–Trinajstić information content (AvgIpc) is 2.75. The van der Waals surface area contributed by atoms with Gasteiger partial charge in [-0.2, -0.15) is 0 Å². The maximum atomic E-state index is 6.12. The normalized spacial score (nSPS) is 23.9. The molecule has 2 atom stereocenters. The second-order valence-electron chi connectivity index (χ2n) is 9.52. The van der Waals surface area contributed by atoms with Crippen LogP contribution in [0.1, 0.15) is 44.7 Å². The van der Waals surface area contributed by atoms with Crippen LogP contribution in [0.5, 0.6) is 0 Å². The molecule has 2 N–H and O–H groups in total. The lowest BCUT2D eigenvalue weighted by Crippen LogP contribution is -2.47. The van der Waals surface area contributed by atoms with E-state index in [1.54, 1.807) is 0 Å². The molecule has 2 fully saturated rings. The Hall–Kier alpha value is -1.63. The minimum Gasteiger partial charge on any atom is -0.379 e. The molecule has 0 amide bonds. The Kier molecular flexibility index (Phi) is 8.54. The van der Waals surface area contributed by atoms with Crippen LogP contribution in [0.4, 0.5) is 0 Å². The first kappa shape index (κ1) is 23.0. The fraction of sp³-hybridized carbons (Fsp3) is 0.708. The van der Waals surface area contributed by atoms with E-state index in [0.717, 1.165) is 64.9 Å². The van der Waals surface area contributed by atoms with Crippen LogP contribution in [0.25, 0.3) is 0 Å². The molecule has 0 aromatic heterocycles. The van der Waals surface area contributed by atoms with Crippen LogP contribution >= 0.6 is 0 Å². The monoisotopic (exact) mass is 416 g/mol. The third-order valence-electron chi connectivity index (χ3n) is 6.12. The zero-order valence-electron chi connectivity index (χ0n) is 19.2. The SMILES string of the molecule is CN=C(NCc1ccccc1CN1CCOCC1)NCC1CCCOC1C(C)(C)C. The summed E-state index contributed by atoms with van der Waals surface area (Å²) in [5.74, 6) is 1.36. The van der Waals surface area contributed by atoms with Gasteiger partial charge in [-0.25, -0.2) is 0 Å². The lowest BCUT2D eigenvalue weighted by molar-refractivity contribution is -0.0835. The molecule has 0 spiro atoms. The van der Waals surface area contributed by atoms with Crippen LogP contribution in [-0.2, 0) is 22.6 Å². The summed E-state index contributed by atoms with van der Waals surface area (Å²) in [6.07, 6.45) is 2.62. The van der Waals surface area contributed by atoms with Gasteiger partial charge in [-0.05, 0) is 29.4 Å². The summed E-state index contributed by atoms with van der Waals surface area (Å²) in [4.78, 5) is 6.91. The van der Waals surface area contributed by atoms with Crippen molar-refractivity contribution >= 4 is 5.96 Å². The molecule has 1 aromatic rings. The van der Waals surface area contributed by atoms with Gasteiger partial charge in [0.1, 0.15) is 0 Å². The van der Waals surface area contributed by atoms with E-state index in [9.17, 15) is 0 Å². The summed E-state index contributed by atoms with van der Waals surface area (Å²) in [5, 5.41) is 7.06. The van der Waals surface area contributed by atoms with Crippen LogP contribution < -0.4 is 10.6 Å². The van der Waals surface area contributed by atoms with Crippen molar-refractivity contribution in [1.82, 2.24) is 15.5 Å². The third-order valence-corrected chi connectivity index (χ3v) is 6.12. The maximum Gasteiger partial charge on any atom is 0.191 e. The number of benzene rings is 1. The van der Waals surface area contributed by atoms with Gasteiger partial charge in [0.2, 0.25) is 0 Å². The molecule has 2 heterocycles. The van der Waals surface area contributed by atoms with Gasteiger partial charge >= 0.3 is 0 Å². The van der Waals surface area contributed by atoms with Crippen molar-refractivity contribution in [1.29, 1.82) is 0 Å². The minimum atomic E-state index is 0.155. The van der Waals surface area contributed by atoms with Crippen LogP contribution in [0.3, 0.4) is 0 Å². The fourth-order valence-corrected chi connectivity index (χ4v) is 4.52. The molecule has 0 aliphatic carbocycles. The van der Waals surface area contributed by atoms with E-state index < -0.39 is 0 Å². The second kappa shape index (κ2) is 11.1. The predicted molar refractivity (Wildman–Crippen MR) is 123 cm³/mol. The first-order valence-electron chi connectivity index (χ1n) is 11.4. The Morgan fingerprint density at radius 2 is 1.83 bits per heavy atom. The van der Waals surface area contributed by atoms with Crippen molar-refractivity contribution in [3.05, 3.63) is 35.4 Å². The van der Waals surface area contributed by atoms with Crippen LogP contribution in [0.2, 0.25) is 0 Å². The molecular formula is C24H40N4O2. The van der Waals surface area contributed by atoms with Gasteiger partial charge in [0, 0.05) is 52.3 Å². The van der Waals surface area contributed by atoms with Crippen LogP contribution in [0, 0.1) is 11.3 Å². The van der Waals surface area contributed by atoms with Crippen LogP contribution in [0.15, 0.2) is 29.3 Å². The number of nitrogens with zero attached hydrogens (tertiary/aromatic N) is 2. The van der Waals surface area contributed by atoms with Crippen molar-refractivity contribution in [3.8, 4) is 0 Å². The van der Waals surface area contributed by atoms with Gasteiger partial charge in [0.25, 0.3) is 0 Å². The molecule has 6 nitrogen and oxygen atoms in total. The van der Waals surface area contributed by atoms with Crippen molar-refractivity contribution in [2.45, 2.75) is 52.8 Å². The summed E-state index contributed by atoms with van der Waals surface area (Å²) in [5.41, 5.74) is 2.85. The quantitative estimate of drug-likeness (QED) is 0.551. The Morgan fingerprint density at radius 1 is 1.10 bits per heavy atom. The maximum absolute atomic E-state index is 6.12. The number of aliphatic imine (C=N–C) groups is 1. The minimum absolute atomic E-state index is 0.155. The standard InChI is InChI=1S/C24H40N4O2/c1-24(2,3)22-20(10-7-13-30-22)17-27-23(25-4)26-16-19-8-5-6-9-21(19)18-28-11-14-29-15-12-28/h5-6,8-9,20,22H,7,10-18H2,1-4H3,(H2,25,26,27). The summed E-state index contributed by atoms with van der Waals surface area (Å²) in [6.45, 7) is 14.0. The van der Waals surface area contributed by atoms with E-state index in [0.29, 0.717) is 5.92 Å². The highest BCUT2D eigenvalue weighted by molar-refractivity contribution is 5.79. The van der Waals surface area contributed by atoms with Crippen molar-refractivity contribution in [2.75, 3.05) is 46.5 Å². The fourth-order valence-electron chi connectivity index (χ4n) is 4.52. The van der Waals surface area contributed by atoms with Gasteiger partial charge in [-0.1, -0.05) is 45.0 Å². The Labute approximate surface area is 182 Å². The largest absolute Gasteiger partial charge is 0.379 e. The molecule has 2 unspecified atom stereocenters. The van der Waals surface area contributed by atoms with Crippen molar-refractivity contribution < 1.29 is 9.47 Å². The number of morpholine rings is 1. The molecule has 2 saturated heterocycles. The molecule has 6 heteroatoms. The van der Waals surface area contributed by atoms with Crippen molar-refractivity contribution in [3.63, 3.8) is 0 Å². The molecule has 168 valence electrons. The van der Waals surface area contributed by atoms with E-state index in [-0.39, 0.29) is 11.5 Å². The third kappa shape index (κ3) is 6.69. The van der Waals surface area contributed by atoms with Gasteiger partial charge in [0.05, 0.1) is 19.3 Å². The Bertz CT molecular complexity index is 680. The number of nitrogens with one attached hydrogen (secondary N) is 2. The first-order chi connectivity index (χ1) is 14.5. The molecule has 2 aliphatic heterocycles. The number of guanidine groups is 1. The molecule has 1 aromatic carbocycles. The van der Waals surface area contributed by atoms with E-state index in [2.05, 4.69) is 65.6 Å². The van der Waals surface area contributed by atoms with Gasteiger partial charge in [-0.15, -0.1) is 0 Å². The zero-order valence-corrected chi connectivity index (χ0v) is 19.2. The zero-order chi connectivity index (χ0) is 21.4. The average molecular weight is 417 g/mol. The van der Waals surface area contributed by atoms with E-state index in [1.165, 1.54) is 17.5 Å². The van der Waals surface area contributed by atoms with Gasteiger partial charge < -0.3 is 20.1 Å². The first-order valence-corrected chi connectivity index (χ1v) is 11.4. The van der Waals surface area contributed by atoms with E-state index in [4.69, 9.17) is 9.47 Å². The van der Waals surface area contributed by atoms with E-state index >= 15 is 0 Å².